The van der Waals surface area contributed by atoms with Crippen LogP contribution >= 0.6 is 0 Å². The van der Waals surface area contributed by atoms with Crippen LogP contribution in [-0.2, 0) is 4.79 Å². The van der Waals surface area contributed by atoms with Crippen molar-refractivity contribution in [1.82, 2.24) is 4.90 Å². The van der Waals surface area contributed by atoms with E-state index in [2.05, 4.69) is 29.6 Å². The standard InChI is InChI=1S/C13H16N2O/c1-14-12-5-3-10(4-6-12)11-7-13(9-16)15(2)8-11/h3-7,9,11,14H,8H2,1-2H3. The third kappa shape index (κ3) is 1.94. The van der Waals surface area contributed by atoms with E-state index in [1.807, 2.05) is 25.1 Å². The highest BCUT2D eigenvalue weighted by Crippen LogP contribution is 2.27. The molecule has 1 aliphatic rings. The summed E-state index contributed by atoms with van der Waals surface area (Å²) in [6.45, 7) is 0.882. The molecule has 0 aromatic heterocycles. The van der Waals surface area contributed by atoms with Gasteiger partial charge >= 0.3 is 0 Å². The van der Waals surface area contributed by atoms with Crippen LogP contribution in [-0.4, -0.2) is 31.8 Å². The first kappa shape index (κ1) is 10.7. The van der Waals surface area contributed by atoms with Gasteiger partial charge in [0.1, 0.15) is 0 Å². The second-order valence-corrected chi connectivity index (χ2v) is 4.07. The van der Waals surface area contributed by atoms with Gasteiger partial charge in [0.25, 0.3) is 0 Å². The summed E-state index contributed by atoms with van der Waals surface area (Å²) in [5, 5.41) is 3.09. The summed E-state index contributed by atoms with van der Waals surface area (Å²) >= 11 is 0. The van der Waals surface area contributed by atoms with Gasteiger partial charge in [0.05, 0.1) is 5.70 Å². The summed E-state index contributed by atoms with van der Waals surface area (Å²) in [7, 11) is 3.85. The van der Waals surface area contributed by atoms with Crippen molar-refractivity contribution in [3.8, 4) is 0 Å². The number of anilines is 1. The predicted molar refractivity (Wildman–Crippen MR) is 65.5 cm³/mol. The van der Waals surface area contributed by atoms with E-state index in [1.54, 1.807) is 0 Å². The number of aldehydes is 1. The number of hydrogen-bond donors (Lipinski definition) is 1. The van der Waals surface area contributed by atoms with Gasteiger partial charge < -0.3 is 10.2 Å². The van der Waals surface area contributed by atoms with Gasteiger partial charge in [-0.3, -0.25) is 4.79 Å². The molecule has 1 unspecified atom stereocenters. The Bertz CT molecular complexity index is 408. The van der Waals surface area contributed by atoms with Crippen LogP contribution in [0.3, 0.4) is 0 Å². The van der Waals surface area contributed by atoms with Crippen LogP contribution in [0.4, 0.5) is 5.69 Å². The normalized spacial score (nSPS) is 19.5. The molecule has 3 heteroatoms. The maximum absolute atomic E-state index is 10.8. The van der Waals surface area contributed by atoms with Crippen molar-refractivity contribution >= 4 is 12.0 Å². The smallest absolute Gasteiger partial charge is 0.165 e. The zero-order valence-corrected chi connectivity index (χ0v) is 9.60. The maximum atomic E-state index is 10.8. The Morgan fingerprint density at radius 1 is 1.38 bits per heavy atom. The number of nitrogens with zero attached hydrogens (tertiary/aromatic N) is 1. The van der Waals surface area contributed by atoms with E-state index in [0.717, 1.165) is 24.2 Å². The van der Waals surface area contributed by atoms with E-state index in [1.165, 1.54) is 5.56 Å². The summed E-state index contributed by atoms with van der Waals surface area (Å²) < 4.78 is 0. The van der Waals surface area contributed by atoms with Gasteiger partial charge in [0, 0.05) is 32.2 Å². The quantitative estimate of drug-likeness (QED) is 0.782. The van der Waals surface area contributed by atoms with E-state index in [9.17, 15) is 4.79 Å². The topological polar surface area (TPSA) is 32.3 Å². The van der Waals surface area contributed by atoms with E-state index >= 15 is 0 Å². The summed E-state index contributed by atoms with van der Waals surface area (Å²) in [5.41, 5.74) is 3.14. The number of benzene rings is 1. The van der Waals surface area contributed by atoms with Gasteiger partial charge in [-0.05, 0) is 23.8 Å². The molecule has 1 atom stereocenters. The van der Waals surface area contributed by atoms with E-state index < -0.39 is 0 Å². The fourth-order valence-corrected chi connectivity index (χ4v) is 2.01. The van der Waals surface area contributed by atoms with Crippen LogP contribution in [0, 0.1) is 0 Å². The molecule has 2 rings (SSSR count). The molecule has 1 heterocycles. The second-order valence-electron chi connectivity index (χ2n) is 4.07. The van der Waals surface area contributed by atoms with Crippen LogP contribution in [0.15, 0.2) is 36.0 Å². The number of rotatable bonds is 3. The number of hydrogen-bond acceptors (Lipinski definition) is 3. The van der Waals surface area contributed by atoms with Gasteiger partial charge in [-0.2, -0.15) is 0 Å². The van der Waals surface area contributed by atoms with Gasteiger partial charge in [-0.15, -0.1) is 0 Å². The van der Waals surface area contributed by atoms with Crippen molar-refractivity contribution in [2.45, 2.75) is 5.92 Å². The Morgan fingerprint density at radius 3 is 2.56 bits per heavy atom. The SMILES string of the molecule is CNc1ccc(C2C=C(C=O)N(C)C2)cc1. The molecule has 84 valence electrons. The molecule has 1 aromatic rings. The van der Waals surface area contributed by atoms with Crippen LogP contribution < -0.4 is 5.32 Å². The van der Waals surface area contributed by atoms with Crippen LogP contribution in [0.2, 0.25) is 0 Å². The lowest BCUT2D eigenvalue weighted by Gasteiger charge is -2.14. The Hall–Kier alpha value is -1.77. The van der Waals surface area contributed by atoms with Crippen LogP contribution in [0.1, 0.15) is 11.5 Å². The molecule has 3 nitrogen and oxygen atoms in total. The Morgan fingerprint density at radius 2 is 2.06 bits per heavy atom. The average Bonchev–Trinajstić information content (AvgIpc) is 2.71. The average molecular weight is 216 g/mol. The predicted octanol–water partition coefficient (Wildman–Crippen LogP) is 1.84. The van der Waals surface area contributed by atoms with Crippen molar-refractivity contribution < 1.29 is 4.79 Å². The lowest BCUT2D eigenvalue weighted by Crippen LogP contribution is -2.16. The van der Waals surface area contributed by atoms with Crippen molar-refractivity contribution in [3.63, 3.8) is 0 Å². The molecule has 16 heavy (non-hydrogen) atoms. The monoisotopic (exact) mass is 216 g/mol. The minimum atomic E-state index is 0.330. The number of likely N-dealkylation sites (N-methyl/N-ethyl adjacent to an activating group) is 1. The largest absolute Gasteiger partial charge is 0.388 e. The molecule has 1 N–H and O–H groups in total. The lowest BCUT2D eigenvalue weighted by atomic mass is 10.00. The highest BCUT2D eigenvalue weighted by molar-refractivity contribution is 5.73. The number of carbonyl (C=O) groups is 1. The fraction of sp³-hybridized carbons (Fsp3) is 0.308. The third-order valence-corrected chi connectivity index (χ3v) is 3.03. The number of allylic oxidation sites excluding steroid dienone is 1. The number of carbonyl (C=O) groups excluding carboxylic acids is 1. The zero-order valence-electron chi connectivity index (χ0n) is 9.60. The molecule has 0 radical (unpaired) electrons. The van der Waals surface area contributed by atoms with Gasteiger partial charge in [-0.1, -0.05) is 12.1 Å². The first-order valence-corrected chi connectivity index (χ1v) is 5.40. The molecule has 0 fully saturated rings. The minimum Gasteiger partial charge on any atom is -0.388 e. The number of nitrogens with one attached hydrogen (secondary N) is 1. The van der Waals surface area contributed by atoms with Crippen LogP contribution in [0.5, 0.6) is 0 Å². The van der Waals surface area contributed by atoms with Gasteiger partial charge in [0.2, 0.25) is 0 Å². The molecule has 1 aromatic carbocycles. The summed E-state index contributed by atoms with van der Waals surface area (Å²) in [6, 6.07) is 8.33. The summed E-state index contributed by atoms with van der Waals surface area (Å²) in [4.78, 5) is 12.8. The second kappa shape index (κ2) is 4.39. The molecule has 0 saturated heterocycles. The first-order chi connectivity index (χ1) is 7.74. The molecule has 0 spiro atoms. The minimum absolute atomic E-state index is 0.330. The van der Waals surface area contributed by atoms with E-state index in [0.29, 0.717) is 5.92 Å². The first-order valence-electron chi connectivity index (χ1n) is 5.40. The molecule has 0 aliphatic carbocycles. The Balaban J connectivity index is 2.19. The van der Waals surface area contributed by atoms with Crippen molar-refractivity contribution in [3.05, 3.63) is 41.6 Å². The highest BCUT2D eigenvalue weighted by atomic mass is 16.1. The van der Waals surface area contributed by atoms with Crippen molar-refractivity contribution in [1.29, 1.82) is 0 Å². The molecular formula is C13H16N2O. The Kier molecular flexibility index (Phi) is 2.95. The van der Waals surface area contributed by atoms with Gasteiger partial charge in [-0.25, -0.2) is 0 Å². The zero-order chi connectivity index (χ0) is 11.5. The van der Waals surface area contributed by atoms with Gasteiger partial charge in [0.15, 0.2) is 6.29 Å². The molecular weight excluding hydrogens is 200 g/mol. The molecule has 0 bridgehead atoms. The fourth-order valence-electron chi connectivity index (χ4n) is 2.01. The van der Waals surface area contributed by atoms with E-state index in [4.69, 9.17) is 0 Å². The van der Waals surface area contributed by atoms with E-state index in [-0.39, 0.29) is 0 Å². The third-order valence-electron chi connectivity index (χ3n) is 3.03. The molecule has 1 aliphatic heterocycles. The summed E-state index contributed by atoms with van der Waals surface area (Å²) in [5.74, 6) is 0.330. The van der Waals surface area contributed by atoms with Crippen molar-refractivity contribution in [2.24, 2.45) is 0 Å². The van der Waals surface area contributed by atoms with Crippen molar-refractivity contribution in [2.75, 3.05) is 26.0 Å². The highest BCUT2D eigenvalue weighted by Gasteiger charge is 2.20. The van der Waals surface area contributed by atoms with Crippen LogP contribution in [0.25, 0.3) is 0 Å². The molecule has 0 saturated carbocycles. The Labute approximate surface area is 95.8 Å². The lowest BCUT2D eigenvalue weighted by molar-refractivity contribution is -0.105. The molecule has 0 amide bonds. The summed E-state index contributed by atoms with van der Waals surface area (Å²) in [6.07, 6.45) is 2.95. The maximum Gasteiger partial charge on any atom is 0.165 e.